The lowest BCUT2D eigenvalue weighted by atomic mass is 9.71. The normalized spacial score (nSPS) is 16.3. The first-order valence-electron chi connectivity index (χ1n) is 16.1. The third-order valence-electron chi connectivity index (χ3n) is 8.40. The van der Waals surface area contributed by atoms with E-state index in [0.29, 0.717) is 12.0 Å². The van der Waals surface area contributed by atoms with Crippen LogP contribution in [0.2, 0.25) is 0 Å². The van der Waals surface area contributed by atoms with Gasteiger partial charge in [0.2, 0.25) is 0 Å². The summed E-state index contributed by atoms with van der Waals surface area (Å²) in [6, 6.07) is 0. The number of ether oxygens (including phenoxy) is 2. The van der Waals surface area contributed by atoms with Crippen LogP contribution >= 0.6 is 0 Å². The number of carbonyl (C=O) groups is 1. The van der Waals surface area contributed by atoms with Crippen LogP contribution < -0.4 is 0 Å². The number of unbranched alkanes of at least 4 members (excludes halogenated alkanes) is 9. The van der Waals surface area contributed by atoms with Gasteiger partial charge < -0.3 is 14.4 Å². The van der Waals surface area contributed by atoms with Crippen molar-refractivity contribution in [3.05, 3.63) is 0 Å². The van der Waals surface area contributed by atoms with E-state index >= 15 is 0 Å². The van der Waals surface area contributed by atoms with Crippen LogP contribution in [-0.2, 0) is 9.47 Å². The Bertz CT molecular complexity index is 502. The lowest BCUT2D eigenvalue weighted by molar-refractivity contribution is 0.0437. The number of carbonyl (C=O) groups excluding carboxylic acids is 1. The summed E-state index contributed by atoms with van der Waals surface area (Å²) in [5.41, 5.74) is 0.387. The second kappa shape index (κ2) is 22.2. The monoisotopic (exact) mass is 509 g/mol. The Morgan fingerprint density at radius 1 is 0.694 bits per heavy atom. The minimum atomic E-state index is -0.101. The number of nitrogens with zero attached hydrogens (tertiary/aromatic N) is 1. The van der Waals surface area contributed by atoms with Crippen molar-refractivity contribution in [3.8, 4) is 0 Å². The Kier molecular flexibility index (Phi) is 20.5. The van der Waals surface area contributed by atoms with Crippen LogP contribution in [0.4, 0.5) is 4.79 Å². The van der Waals surface area contributed by atoms with Crippen LogP contribution in [0.5, 0.6) is 0 Å². The van der Waals surface area contributed by atoms with E-state index in [-0.39, 0.29) is 6.09 Å². The van der Waals surface area contributed by atoms with Crippen LogP contribution in [0.1, 0.15) is 156 Å². The zero-order chi connectivity index (χ0) is 26.3. The molecule has 36 heavy (non-hydrogen) atoms. The molecule has 0 aromatic rings. The summed E-state index contributed by atoms with van der Waals surface area (Å²) in [4.78, 5) is 14.3. The van der Waals surface area contributed by atoms with Gasteiger partial charge in [-0.2, -0.15) is 0 Å². The van der Waals surface area contributed by atoms with Gasteiger partial charge in [0.15, 0.2) is 0 Å². The van der Waals surface area contributed by atoms with Crippen molar-refractivity contribution in [2.45, 2.75) is 156 Å². The Hall–Kier alpha value is -0.770. The minimum absolute atomic E-state index is 0.101. The lowest BCUT2D eigenvalue weighted by Crippen LogP contribution is -2.43. The highest BCUT2D eigenvalue weighted by atomic mass is 16.6. The average molecular weight is 510 g/mol. The van der Waals surface area contributed by atoms with E-state index < -0.39 is 0 Å². The highest BCUT2D eigenvalue weighted by Crippen LogP contribution is 2.41. The third-order valence-corrected chi connectivity index (χ3v) is 8.40. The molecule has 214 valence electrons. The van der Waals surface area contributed by atoms with E-state index in [9.17, 15) is 4.79 Å². The van der Waals surface area contributed by atoms with Crippen molar-refractivity contribution in [1.82, 2.24) is 4.90 Å². The largest absolute Gasteiger partial charge is 0.449 e. The summed E-state index contributed by atoms with van der Waals surface area (Å²) < 4.78 is 11.8. The lowest BCUT2D eigenvalue weighted by Gasteiger charge is -2.42. The Morgan fingerprint density at radius 3 is 1.86 bits per heavy atom. The maximum absolute atomic E-state index is 12.4. The van der Waals surface area contributed by atoms with E-state index in [1.54, 1.807) is 0 Å². The summed E-state index contributed by atoms with van der Waals surface area (Å²) in [6.45, 7) is 13.1. The molecule has 4 heteroatoms. The van der Waals surface area contributed by atoms with Gasteiger partial charge in [-0.25, -0.2) is 4.79 Å². The smallest absolute Gasteiger partial charge is 0.409 e. The molecule has 1 fully saturated rings. The van der Waals surface area contributed by atoms with Crippen molar-refractivity contribution >= 4 is 6.09 Å². The first-order valence-corrected chi connectivity index (χ1v) is 16.1. The second-order valence-electron chi connectivity index (χ2n) is 11.7. The number of piperidine rings is 1. The molecule has 0 aromatic carbocycles. The second-order valence-corrected chi connectivity index (χ2v) is 11.7. The van der Waals surface area contributed by atoms with Gasteiger partial charge >= 0.3 is 6.09 Å². The molecule has 0 radical (unpaired) electrons. The molecule has 0 aliphatic carbocycles. The Labute approximate surface area is 225 Å². The number of likely N-dealkylation sites (tertiary alicyclic amines) is 1. The Balaban J connectivity index is 2.40. The number of amides is 1. The molecule has 1 saturated heterocycles. The predicted octanol–water partition coefficient (Wildman–Crippen LogP) is 9.94. The van der Waals surface area contributed by atoms with Crippen LogP contribution in [0.3, 0.4) is 0 Å². The van der Waals surface area contributed by atoms with Crippen molar-refractivity contribution in [2.24, 2.45) is 11.3 Å². The first-order chi connectivity index (χ1) is 17.6. The first kappa shape index (κ1) is 33.3. The summed E-state index contributed by atoms with van der Waals surface area (Å²) in [5.74, 6) is 0.750. The maximum atomic E-state index is 12.4. The van der Waals surface area contributed by atoms with Crippen LogP contribution in [0.25, 0.3) is 0 Å². The van der Waals surface area contributed by atoms with Gasteiger partial charge in [0.25, 0.3) is 0 Å². The quantitative estimate of drug-likeness (QED) is 0.129. The fourth-order valence-corrected chi connectivity index (χ4v) is 5.74. The van der Waals surface area contributed by atoms with Crippen LogP contribution in [0.15, 0.2) is 0 Å². The summed E-state index contributed by atoms with van der Waals surface area (Å²) >= 11 is 0. The molecule has 1 aliphatic rings. The van der Waals surface area contributed by atoms with Crippen molar-refractivity contribution < 1.29 is 14.3 Å². The molecule has 1 rings (SSSR count). The van der Waals surface area contributed by atoms with Crippen LogP contribution in [-0.4, -0.2) is 43.9 Å². The summed E-state index contributed by atoms with van der Waals surface area (Å²) in [7, 11) is 0. The standard InChI is InChI=1S/C32H63NO3/c1-5-9-13-15-17-20-30(19-16-14-10-6-2)29-35-27-18-22-32(21-11-7-3)23-25-33(26-24-32)31(34)36-28-12-8-4/h30H,5-29H2,1-4H3. The fourth-order valence-electron chi connectivity index (χ4n) is 5.74. The van der Waals surface area contributed by atoms with E-state index in [1.165, 1.54) is 96.3 Å². The molecule has 1 atom stereocenters. The highest BCUT2D eigenvalue weighted by Gasteiger charge is 2.35. The van der Waals surface area contributed by atoms with Crippen molar-refractivity contribution in [3.63, 3.8) is 0 Å². The predicted molar refractivity (Wildman–Crippen MR) is 155 cm³/mol. The van der Waals surface area contributed by atoms with E-state index in [4.69, 9.17) is 9.47 Å². The SMILES string of the molecule is CCCCCCCC(CCCCCC)COCCCC1(CCCC)CCN(C(=O)OCCCC)CC1. The van der Waals surface area contributed by atoms with E-state index in [2.05, 4.69) is 27.7 Å². The molecule has 1 heterocycles. The maximum Gasteiger partial charge on any atom is 0.409 e. The molecule has 1 aliphatic heterocycles. The molecular weight excluding hydrogens is 446 g/mol. The number of hydrogen-bond acceptors (Lipinski definition) is 3. The zero-order valence-corrected chi connectivity index (χ0v) is 24.9. The van der Waals surface area contributed by atoms with Crippen molar-refractivity contribution in [2.75, 3.05) is 32.9 Å². The van der Waals surface area contributed by atoms with E-state index in [0.717, 1.165) is 64.3 Å². The van der Waals surface area contributed by atoms with Gasteiger partial charge in [-0.1, -0.05) is 105 Å². The molecule has 0 aromatic heterocycles. The van der Waals surface area contributed by atoms with Gasteiger partial charge in [0.1, 0.15) is 0 Å². The average Bonchev–Trinajstić information content (AvgIpc) is 2.89. The van der Waals surface area contributed by atoms with Gasteiger partial charge in [-0.15, -0.1) is 0 Å². The minimum Gasteiger partial charge on any atom is -0.449 e. The summed E-state index contributed by atoms with van der Waals surface area (Å²) in [5, 5.41) is 0. The molecule has 0 spiro atoms. The topological polar surface area (TPSA) is 38.8 Å². The van der Waals surface area contributed by atoms with Gasteiger partial charge in [-0.05, 0) is 62.7 Å². The highest BCUT2D eigenvalue weighted by molar-refractivity contribution is 5.67. The molecule has 1 amide bonds. The molecule has 0 bridgehead atoms. The number of hydrogen-bond donors (Lipinski definition) is 0. The van der Waals surface area contributed by atoms with E-state index in [1.807, 2.05) is 4.90 Å². The molecule has 0 N–H and O–H groups in total. The number of rotatable bonds is 23. The van der Waals surface area contributed by atoms with Crippen LogP contribution in [0, 0.1) is 11.3 Å². The fraction of sp³-hybridized carbons (Fsp3) is 0.969. The van der Waals surface area contributed by atoms with Gasteiger partial charge in [-0.3, -0.25) is 0 Å². The molecule has 4 nitrogen and oxygen atoms in total. The third kappa shape index (κ3) is 15.5. The molecule has 1 unspecified atom stereocenters. The Morgan fingerprint density at radius 2 is 1.25 bits per heavy atom. The van der Waals surface area contributed by atoms with Gasteiger partial charge in [0, 0.05) is 26.3 Å². The molecule has 0 saturated carbocycles. The van der Waals surface area contributed by atoms with Gasteiger partial charge in [0.05, 0.1) is 6.61 Å². The van der Waals surface area contributed by atoms with Crippen molar-refractivity contribution in [1.29, 1.82) is 0 Å². The summed E-state index contributed by atoms with van der Waals surface area (Å²) in [6.07, 6.45) is 25.4. The zero-order valence-electron chi connectivity index (χ0n) is 24.9. The molecular formula is C32H63NO3.